The van der Waals surface area contributed by atoms with Crippen molar-refractivity contribution in [2.24, 2.45) is 10.7 Å². The first-order chi connectivity index (χ1) is 11.9. The summed E-state index contributed by atoms with van der Waals surface area (Å²) >= 11 is 13.4. The number of rotatable bonds is 3. The van der Waals surface area contributed by atoms with Crippen LogP contribution in [0.3, 0.4) is 0 Å². The van der Waals surface area contributed by atoms with E-state index in [1.807, 2.05) is 25.1 Å². The number of thioether (sulfide) groups is 1. The molecular formula is C17H17Cl3N4OS. The van der Waals surface area contributed by atoms with Crippen LogP contribution in [0.1, 0.15) is 29.4 Å². The van der Waals surface area contributed by atoms with Crippen LogP contribution >= 0.6 is 47.4 Å². The van der Waals surface area contributed by atoms with E-state index in [-0.39, 0.29) is 23.1 Å². The molecule has 138 valence electrons. The quantitative estimate of drug-likeness (QED) is 0.736. The number of benzene rings is 1. The van der Waals surface area contributed by atoms with Crippen LogP contribution in [0.2, 0.25) is 10.0 Å². The van der Waals surface area contributed by atoms with Gasteiger partial charge in [-0.1, -0.05) is 47.1 Å². The summed E-state index contributed by atoms with van der Waals surface area (Å²) in [6.45, 7) is 2.04. The van der Waals surface area contributed by atoms with Crippen LogP contribution in [0, 0.1) is 0 Å². The van der Waals surface area contributed by atoms with Crippen molar-refractivity contribution in [1.82, 2.24) is 4.98 Å². The van der Waals surface area contributed by atoms with Crippen molar-refractivity contribution < 1.29 is 4.79 Å². The van der Waals surface area contributed by atoms with Gasteiger partial charge in [0.05, 0.1) is 15.6 Å². The van der Waals surface area contributed by atoms with Gasteiger partial charge in [-0.25, -0.2) is 4.98 Å². The molecule has 9 heteroatoms. The summed E-state index contributed by atoms with van der Waals surface area (Å²) in [6, 6.07) is 9.05. The maximum Gasteiger partial charge on any atom is 0.275 e. The molecule has 0 bridgehead atoms. The molecule has 0 saturated carbocycles. The maximum atomic E-state index is 12.4. The minimum atomic E-state index is -0.397. The molecule has 2 aromatic rings. The Balaban J connectivity index is 0.00000243. The first-order valence-electron chi connectivity index (χ1n) is 7.58. The van der Waals surface area contributed by atoms with Crippen molar-refractivity contribution >= 4 is 64.1 Å². The third-order valence-corrected chi connectivity index (χ3v) is 5.25. The number of hydrogen-bond acceptors (Lipinski definition) is 5. The summed E-state index contributed by atoms with van der Waals surface area (Å²) in [5.74, 6) is 0.512. The first-order valence-corrected chi connectivity index (χ1v) is 9.33. The third-order valence-electron chi connectivity index (χ3n) is 3.96. The number of amides is 1. The predicted octanol–water partition coefficient (Wildman–Crippen LogP) is 4.73. The van der Waals surface area contributed by atoms with Crippen LogP contribution in [-0.2, 0) is 5.54 Å². The standard InChI is InChI=1S/C17H16Cl2N4OS.ClH/c1-17(5-6-25-16(20)23-17)10-3-2-4-12(7-10)22-15(24)14-13(19)8-11(18)9-21-14;/h2-4,7-9H,5-6H2,1H3,(H2,20,23)(H,22,24);1H/t17-;/m0./s1. The molecule has 0 saturated heterocycles. The minimum absolute atomic E-state index is 0. The number of nitrogens with zero attached hydrogens (tertiary/aromatic N) is 2. The van der Waals surface area contributed by atoms with E-state index in [1.54, 1.807) is 17.8 Å². The lowest BCUT2D eigenvalue weighted by Crippen LogP contribution is -2.28. The molecule has 2 heterocycles. The van der Waals surface area contributed by atoms with Gasteiger partial charge in [0.15, 0.2) is 5.17 Å². The monoisotopic (exact) mass is 430 g/mol. The van der Waals surface area contributed by atoms with Crippen LogP contribution < -0.4 is 11.1 Å². The molecule has 5 nitrogen and oxygen atoms in total. The van der Waals surface area contributed by atoms with Crippen molar-refractivity contribution in [1.29, 1.82) is 0 Å². The fourth-order valence-corrected chi connectivity index (χ4v) is 4.04. The van der Waals surface area contributed by atoms with Gasteiger partial charge in [-0.3, -0.25) is 9.79 Å². The molecule has 0 radical (unpaired) electrons. The highest BCUT2D eigenvalue weighted by atomic mass is 35.5. The highest BCUT2D eigenvalue weighted by Gasteiger charge is 2.29. The summed E-state index contributed by atoms with van der Waals surface area (Å²) in [5, 5.41) is 3.98. The van der Waals surface area contributed by atoms with Gasteiger partial charge < -0.3 is 11.1 Å². The summed E-state index contributed by atoms with van der Waals surface area (Å²) in [7, 11) is 0. The van der Waals surface area contributed by atoms with E-state index < -0.39 is 11.4 Å². The molecule has 1 amide bonds. The van der Waals surface area contributed by atoms with E-state index in [4.69, 9.17) is 28.9 Å². The number of amidine groups is 1. The summed E-state index contributed by atoms with van der Waals surface area (Å²) in [5.41, 5.74) is 7.24. The van der Waals surface area contributed by atoms with Crippen molar-refractivity contribution in [3.63, 3.8) is 0 Å². The van der Waals surface area contributed by atoms with Crippen molar-refractivity contribution in [3.05, 3.63) is 57.8 Å². The van der Waals surface area contributed by atoms with Crippen LogP contribution in [-0.4, -0.2) is 21.8 Å². The van der Waals surface area contributed by atoms with E-state index in [0.717, 1.165) is 17.7 Å². The van der Waals surface area contributed by atoms with Gasteiger partial charge in [0.2, 0.25) is 0 Å². The van der Waals surface area contributed by atoms with E-state index in [9.17, 15) is 4.79 Å². The van der Waals surface area contributed by atoms with Crippen molar-refractivity contribution in [3.8, 4) is 0 Å². The average molecular weight is 432 g/mol. The Morgan fingerprint density at radius 1 is 1.35 bits per heavy atom. The number of hydrogen-bond donors (Lipinski definition) is 2. The van der Waals surface area contributed by atoms with E-state index in [1.165, 1.54) is 12.3 Å². The van der Waals surface area contributed by atoms with Gasteiger partial charge in [-0.05, 0) is 37.1 Å². The molecule has 0 fully saturated rings. The average Bonchev–Trinajstić information content (AvgIpc) is 2.54. The van der Waals surface area contributed by atoms with E-state index >= 15 is 0 Å². The normalized spacial score (nSPS) is 19.3. The fourth-order valence-electron chi connectivity index (χ4n) is 2.60. The number of carbonyl (C=O) groups excluding carboxylic acids is 1. The van der Waals surface area contributed by atoms with E-state index in [0.29, 0.717) is 15.9 Å². The SMILES string of the molecule is C[C@@]1(c2cccc(NC(=O)c3ncc(Cl)cc3Cl)c2)CCSC(N)=N1.Cl. The largest absolute Gasteiger partial charge is 0.379 e. The number of nitrogens with two attached hydrogens (primary N) is 1. The molecule has 3 N–H and O–H groups in total. The van der Waals surface area contributed by atoms with Crippen LogP contribution in [0.4, 0.5) is 5.69 Å². The first kappa shape index (κ1) is 20.8. The second-order valence-corrected chi connectivity index (χ2v) is 7.80. The molecule has 3 rings (SSSR count). The molecule has 1 aliphatic heterocycles. The Kier molecular flexibility index (Phi) is 6.80. The Morgan fingerprint density at radius 3 is 2.81 bits per heavy atom. The molecular weight excluding hydrogens is 415 g/mol. The molecule has 26 heavy (non-hydrogen) atoms. The number of anilines is 1. The molecule has 0 unspecified atom stereocenters. The zero-order valence-corrected chi connectivity index (χ0v) is 17.0. The lowest BCUT2D eigenvalue weighted by molar-refractivity contribution is 0.102. The number of pyridine rings is 1. The summed E-state index contributed by atoms with van der Waals surface area (Å²) in [6.07, 6.45) is 2.26. The zero-order chi connectivity index (χ0) is 18.0. The zero-order valence-electron chi connectivity index (χ0n) is 13.8. The maximum absolute atomic E-state index is 12.4. The van der Waals surface area contributed by atoms with Crippen molar-refractivity contribution in [2.45, 2.75) is 18.9 Å². The third kappa shape index (κ3) is 4.62. The van der Waals surface area contributed by atoms with Gasteiger partial charge >= 0.3 is 0 Å². The molecule has 1 atom stereocenters. The topological polar surface area (TPSA) is 80.4 Å². The van der Waals surface area contributed by atoms with Gasteiger partial charge in [0, 0.05) is 17.6 Å². The van der Waals surface area contributed by atoms with E-state index in [2.05, 4.69) is 15.3 Å². The molecule has 1 aromatic carbocycles. The summed E-state index contributed by atoms with van der Waals surface area (Å²) < 4.78 is 0. The summed E-state index contributed by atoms with van der Waals surface area (Å²) in [4.78, 5) is 21.0. The number of aliphatic imine (C=N–C) groups is 1. The second kappa shape index (κ2) is 8.48. The Bertz CT molecular complexity index is 862. The number of halogens is 3. The predicted molar refractivity (Wildman–Crippen MR) is 112 cm³/mol. The molecule has 1 aromatic heterocycles. The smallest absolute Gasteiger partial charge is 0.275 e. The lowest BCUT2D eigenvalue weighted by atomic mass is 9.89. The number of carbonyl (C=O) groups is 1. The lowest BCUT2D eigenvalue weighted by Gasteiger charge is -2.30. The molecule has 0 spiro atoms. The van der Waals surface area contributed by atoms with Gasteiger partial charge in [0.25, 0.3) is 5.91 Å². The van der Waals surface area contributed by atoms with Crippen LogP contribution in [0.25, 0.3) is 0 Å². The van der Waals surface area contributed by atoms with Crippen molar-refractivity contribution in [2.75, 3.05) is 11.1 Å². The Morgan fingerprint density at radius 2 is 2.12 bits per heavy atom. The Labute approximate surface area is 172 Å². The molecule has 1 aliphatic rings. The molecule has 0 aliphatic carbocycles. The van der Waals surface area contributed by atoms with Crippen LogP contribution in [0.5, 0.6) is 0 Å². The van der Waals surface area contributed by atoms with Gasteiger partial charge in [0.1, 0.15) is 5.69 Å². The number of nitrogens with one attached hydrogen (secondary N) is 1. The highest BCUT2D eigenvalue weighted by Crippen LogP contribution is 2.36. The Hall–Kier alpha value is -1.47. The van der Waals surface area contributed by atoms with Gasteiger partial charge in [-0.2, -0.15) is 0 Å². The fraction of sp³-hybridized carbons (Fsp3) is 0.235. The second-order valence-electron chi connectivity index (χ2n) is 5.84. The van der Waals surface area contributed by atoms with Crippen LogP contribution in [0.15, 0.2) is 41.5 Å². The minimum Gasteiger partial charge on any atom is -0.379 e. The van der Waals surface area contributed by atoms with Gasteiger partial charge in [-0.15, -0.1) is 12.4 Å². The highest BCUT2D eigenvalue weighted by molar-refractivity contribution is 8.13. The number of aromatic nitrogens is 1.